The monoisotopic (exact) mass is 774 g/mol. The Morgan fingerprint density at radius 2 is 0.833 bits per heavy atom. The van der Waals surface area contributed by atoms with Crippen LogP contribution in [0.3, 0.4) is 0 Å². The zero-order valence-electron chi connectivity index (χ0n) is 35.4. The Balaban J connectivity index is 1.08. The van der Waals surface area contributed by atoms with Crippen LogP contribution in [0.15, 0.2) is 182 Å². The molecule has 0 spiro atoms. The minimum absolute atomic E-state index is 0.0191. The average molecular weight is 775 g/mol. The van der Waals surface area contributed by atoms with Gasteiger partial charge in [0.05, 0.1) is 22.1 Å². The lowest BCUT2D eigenvalue weighted by Gasteiger charge is -2.44. The van der Waals surface area contributed by atoms with Crippen molar-refractivity contribution >= 4 is 43.6 Å². The van der Waals surface area contributed by atoms with Crippen LogP contribution in [-0.4, -0.2) is 9.13 Å². The molecular weight excluding hydrogens is 725 g/mol. The highest BCUT2D eigenvalue weighted by Gasteiger charge is 2.57. The molecule has 0 fully saturated rings. The molecule has 0 amide bonds. The first-order chi connectivity index (χ1) is 29.0. The zero-order valence-corrected chi connectivity index (χ0v) is 35.4. The second kappa shape index (κ2) is 13.2. The van der Waals surface area contributed by atoms with E-state index in [0.29, 0.717) is 0 Å². The van der Waals surface area contributed by atoms with Crippen molar-refractivity contribution in [2.75, 3.05) is 0 Å². The molecule has 1 aliphatic carbocycles. The first kappa shape index (κ1) is 36.4. The van der Waals surface area contributed by atoms with Gasteiger partial charge in [-0.2, -0.15) is 0 Å². The molecule has 0 radical (unpaired) electrons. The van der Waals surface area contributed by atoms with Crippen LogP contribution in [0.4, 0.5) is 0 Å². The van der Waals surface area contributed by atoms with Gasteiger partial charge in [-0.25, -0.2) is 0 Å². The lowest BCUT2D eigenvalue weighted by Crippen LogP contribution is -2.42. The van der Waals surface area contributed by atoms with Crippen molar-refractivity contribution in [1.29, 1.82) is 0 Å². The lowest BCUT2D eigenvalue weighted by atomic mass is 9.59. The maximum absolute atomic E-state index is 2.56. The minimum atomic E-state index is -0.0216. The molecule has 60 heavy (non-hydrogen) atoms. The molecule has 2 aromatic heterocycles. The molecule has 0 unspecified atom stereocenters. The number of aromatic nitrogens is 2. The standard InChI is InChI=1S/C58H50N2/c1-56(2)50-36-47(40-19-17-18-38(33-40)32-39-28-31-54-49(34-39)45-25-14-16-27-53(45)59(54)42-20-9-7-10-21-42)48(37-51(50)57(3,4)58(56,5)6)41-29-30-46-44-24-13-15-26-52(44)60(55(46)35-41)43-22-11-8-12-23-43/h7-31,33-37H,32H2,1-6H3. The fourth-order valence-corrected chi connectivity index (χ4v) is 10.6. The molecule has 0 saturated heterocycles. The highest BCUT2D eigenvalue weighted by molar-refractivity contribution is 6.11. The van der Waals surface area contributed by atoms with Gasteiger partial charge in [0.1, 0.15) is 0 Å². The molecule has 0 bridgehead atoms. The summed E-state index contributed by atoms with van der Waals surface area (Å²) in [6.45, 7) is 14.7. The number of nitrogens with zero attached hydrogens (tertiary/aromatic N) is 2. The SMILES string of the molecule is CC1(C)c2cc(-c3cccc(Cc4ccc5c(c4)c4ccccc4n5-c4ccccc4)c3)c(-c3ccc4c5ccccc5n(-c5ccccc5)c4c3)cc2C(C)(C)C1(C)C. The van der Waals surface area contributed by atoms with Gasteiger partial charge in [-0.3, -0.25) is 0 Å². The Kier molecular flexibility index (Phi) is 8.01. The van der Waals surface area contributed by atoms with E-state index in [1.54, 1.807) is 0 Å². The topological polar surface area (TPSA) is 9.86 Å². The van der Waals surface area contributed by atoms with Crippen molar-refractivity contribution in [1.82, 2.24) is 9.13 Å². The van der Waals surface area contributed by atoms with Crippen LogP contribution in [0.25, 0.3) is 77.2 Å². The smallest absolute Gasteiger partial charge is 0.0547 e. The lowest BCUT2D eigenvalue weighted by molar-refractivity contribution is 0.125. The largest absolute Gasteiger partial charge is 0.309 e. The van der Waals surface area contributed by atoms with Crippen molar-refractivity contribution in [2.45, 2.75) is 58.8 Å². The van der Waals surface area contributed by atoms with Crippen molar-refractivity contribution in [3.63, 3.8) is 0 Å². The molecule has 0 atom stereocenters. The summed E-state index contributed by atoms with van der Waals surface area (Å²) in [4.78, 5) is 0. The summed E-state index contributed by atoms with van der Waals surface area (Å²) in [6, 6.07) is 67.8. The second-order valence-corrected chi connectivity index (χ2v) is 18.7. The van der Waals surface area contributed by atoms with E-state index in [4.69, 9.17) is 0 Å². The molecule has 10 aromatic rings. The van der Waals surface area contributed by atoms with E-state index in [9.17, 15) is 0 Å². The van der Waals surface area contributed by atoms with E-state index >= 15 is 0 Å². The van der Waals surface area contributed by atoms with Crippen LogP contribution < -0.4 is 0 Å². The van der Waals surface area contributed by atoms with Crippen LogP contribution in [0.5, 0.6) is 0 Å². The Morgan fingerprint density at radius 3 is 1.45 bits per heavy atom. The molecule has 2 heteroatoms. The summed E-state index contributed by atoms with van der Waals surface area (Å²) in [6.07, 6.45) is 0.851. The van der Waals surface area contributed by atoms with Gasteiger partial charge in [-0.15, -0.1) is 0 Å². The van der Waals surface area contributed by atoms with Crippen LogP contribution in [0.2, 0.25) is 0 Å². The summed E-state index contributed by atoms with van der Waals surface area (Å²) in [5, 5.41) is 5.12. The van der Waals surface area contributed by atoms with Crippen molar-refractivity contribution in [3.05, 3.63) is 204 Å². The van der Waals surface area contributed by atoms with Gasteiger partial charge in [0, 0.05) is 32.9 Å². The van der Waals surface area contributed by atoms with Gasteiger partial charge in [0.25, 0.3) is 0 Å². The third kappa shape index (κ3) is 5.26. The first-order valence-corrected chi connectivity index (χ1v) is 21.5. The molecule has 1 aliphatic rings. The maximum atomic E-state index is 2.56. The molecule has 11 rings (SSSR count). The van der Waals surface area contributed by atoms with E-state index in [1.165, 1.54) is 99.5 Å². The Hall–Kier alpha value is -6.64. The Morgan fingerprint density at radius 1 is 0.350 bits per heavy atom. The predicted molar refractivity (Wildman–Crippen MR) is 255 cm³/mol. The van der Waals surface area contributed by atoms with Crippen molar-refractivity contribution in [2.24, 2.45) is 5.41 Å². The molecule has 0 N–H and O–H groups in total. The summed E-state index contributed by atoms with van der Waals surface area (Å²) in [7, 11) is 0. The number of rotatable bonds is 6. The third-order valence-electron chi connectivity index (χ3n) is 15.0. The molecule has 8 aromatic carbocycles. The van der Waals surface area contributed by atoms with Gasteiger partial charge in [-0.1, -0.05) is 157 Å². The van der Waals surface area contributed by atoms with Crippen LogP contribution >= 0.6 is 0 Å². The molecule has 0 aliphatic heterocycles. The number of hydrogen-bond acceptors (Lipinski definition) is 0. The Labute approximate surface area is 353 Å². The number of fused-ring (bicyclic) bond motifs is 7. The predicted octanol–water partition coefficient (Wildman–Crippen LogP) is 15.4. The summed E-state index contributed by atoms with van der Waals surface area (Å²) >= 11 is 0. The quantitative estimate of drug-likeness (QED) is 0.159. The minimum Gasteiger partial charge on any atom is -0.309 e. The van der Waals surface area contributed by atoms with E-state index in [2.05, 4.69) is 233 Å². The van der Waals surface area contributed by atoms with E-state index in [-0.39, 0.29) is 16.2 Å². The van der Waals surface area contributed by atoms with Gasteiger partial charge < -0.3 is 9.13 Å². The summed E-state index contributed by atoms with van der Waals surface area (Å²) in [5.74, 6) is 0. The summed E-state index contributed by atoms with van der Waals surface area (Å²) in [5.41, 5.74) is 17.9. The van der Waals surface area contributed by atoms with E-state index in [0.717, 1.165) is 6.42 Å². The normalized spacial score (nSPS) is 15.3. The fourth-order valence-electron chi connectivity index (χ4n) is 10.6. The van der Waals surface area contributed by atoms with E-state index < -0.39 is 0 Å². The number of para-hydroxylation sites is 4. The maximum Gasteiger partial charge on any atom is 0.0547 e. The highest BCUT2D eigenvalue weighted by atomic mass is 15.0. The molecule has 0 saturated carbocycles. The third-order valence-corrected chi connectivity index (χ3v) is 15.0. The van der Waals surface area contributed by atoms with E-state index in [1.807, 2.05) is 0 Å². The van der Waals surface area contributed by atoms with Crippen molar-refractivity contribution in [3.8, 4) is 33.6 Å². The van der Waals surface area contributed by atoms with Gasteiger partial charge in [0.15, 0.2) is 0 Å². The van der Waals surface area contributed by atoms with Crippen LogP contribution in [0, 0.1) is 5.41 Å². The van der Waals surface area contributed by atoms with Crippen LogP contribution in [-0.2, 0) is 17.3 Å². The average Bonchev–Trinajstić information content (AvgIpc) is 3.81. The fraction of sp³-hybridized carbons (Fsp3) is 0.172. The highest BCUT2D eigenvalue weighted by Crippen LogP contribution is 2.62. The van der Waals surface area contributed by atoms with Gasteiger partial charge in [-0.05, 0) is 134 Å². The molecule has 2 nitrogen and oxygen atoms in total. The van der Waals surface area contributed by atoms with Gasteiger partial charge in [0.2, 0.25) is 0 Å². The molecular formula is C58H50N2. The number of hydrogen-bond donors (Lipinski definition) is 0. The molecule has 2 heterocycles. The zero-order chi connectivity index (χ0) is 41.0. The van der Waals surface area contributed by atoms with Crippen molar-refractivity contribution < 1.29 is 0 Å². The molecule has 292 valence electrons. The second-order valence-electron chi connectivity index (χ2n) is 18.7. The summed E-state index contributed by atoms with van der Waals surface area (Å²) < 4.78 is 4.83. The Bertz CT molecular complexity index is 3300. The number of benzene rings is 8. The van der Waals surface area contributed by atoms with Gasteiger partial charge >= 0.3 is 0 Å². The van der Waals surface area contributed by atoms with Crippen LogP contribution in [0.1, 0.15) is 63.8 Å². The first-order valence-electron chi connectivity index (χ1n) is 21.5.